The van der Waals surface area contributed by atoms with E-state index in [1.165, 1.54) is 5.37 Å². The highest BCUT2D eigenvalue weighted by Crippen LogP contribution is 1.68. The van der Waals surface area contributed by atoms with Crippen LogP contribution in [0.15, 0.2) is 0 Å². The lowest BCUT2D eigenvalue weighted by molar-refractivity contribution is -0.119. The molecule has 0 spiro atoms. The third-order valence-corrected chi connectivity index (χ3v) is 0.596. The Morgan fingerprint density at radius 3 is 2.71 bits per heavy atom. The zero-order valence-corrected chi connectivity index (χ0v) is 4.49. The van der Waals surface area contributed by atoms with E-state index in [0.717, 1.165) is 0 Å². The van der Waals surface area contributed by atoms with Crippen LogP contribution in [-0.2, 0) is 4.79 Å². The minimum absolute atomic E-state index is 0.214. The predicted molar refractivity (Wildman–Crippen MR) is 30.6 cm³/mol. The Hall–Kier alpha value is -0.480. The van der Waals surface area contributed by atoms with E-state index in [0.29, 0.717) is 0 Å². The SMILES string of the molecule is NNC(=O)CC=S. The van der Waals surface area contributed by atoms with Crippen LogP contribution in [0.2, 0.25) is 0 Å². The van der Waals surface area contributed by atoms with Crippen LogP contribution in [0.5, 0.6) is 0 Å². The van der Waals surface area contributed by atoms with E-state index >= 15 is 0 Å². The summed E-state index contributed by atoms with van der Waals surface area (Å²) < 4.78 is 0. The van der Waals surface area contributed by atoms with Crippen molar-refractivity contribution in [1.82, 2.24) is 5.43 Å². The van der Waals surface area contributed by atoms with Gasteiger partial charge in [-0.15, -0.1) is 0 Å². The van der Waals surface area contributed by atoms with Crippen LogP contribution in [0.1, 0.15) is 6.42 Å². The maximum Gasteiger partial charge on any atom is 0.238 e. The molecule has 0 bridgehead atoms. The van der Waals surface area contributed by atoms with Crippen molar-refractivity contribution in [2.75, 3.05) is 0 Å². The fourth-order valence-electron chi connectivity index (χ4n) is 0.135. The lowest BCUT2D eigenvalue weighted by Crippen LogP contribution is -2.29. The fraction of sp³-hybridized carbons (Fsp3) is 0.333. The molecule has 4 heteroatoms. The minimum atomic E-state index is -0.255. The Labute approximate surface area is 46.8 Å². The molecule has 0 aliphatic carbocycles. The van der Waals surface area contributed by atoms with Gasteiger partial charge in [-0.05, 0) is 5.37 Å². The lowest BCUT2D eigenvalue weighted by Gasteiger charge is -1.88. The van der Waals surface area contributed by atoms with E-state index in [2.05, 4.69) is 12.2 Å². The largest absolute Gasteiger partial charge is 0.294 e. The van der Waals surface area contributed by atoms with Gasteiger partial charge in [0.15, 0.2) is 0 Å². The highest BCUT2D eigenvalue weighted by molar-refractivity contribution is 7.79. The number of nitrogens with one attached hydrogen (secondary N) is 1. The number of nitrogens with two attached hydrogens (primary N) is 1. The Morgan fingerprint density at radius 2 is 2.57 bits per heavy atom. The van der Waals surface area contributed by atoms with Crippen LogP contribution < -0.4 is 11.3 Å². The molecule has 1 amide bonds. The van der Waals surface area contributed by atoms with Crippen molar-refractivity contribution in [3.05, 3.63) is 0 Å². The molecule has 0 unspecified atom stereocenters. The van der Waals surface area contributed by atoms with E-state index in [1.807, 2.05) is 5.43 Å². The van der Waals surface area contributed by atoms with Crippen molar-refractivity contribution in [2.45, 2.75) is 6.42 Å². The van der Waals surface area contributed by atoms with Crippen molar-refractivity contribution in [2.24, 2.45) is 5.84 Å². The van der Waals surface area contributed by atoms with Crippen LogP contribution in [0.25, 0.3) is 0 Å². The molecule has 40 valence electrons. The quantitative estimate of drug-likeness (QED) is 0.219. The number of hydrogen-bond donors (Lipinski definition) is 2. The summed E-state index contributed by atoms with van der Waals surface area (Å²) in [6.07, 6.45) is 0.214. The third-order valence-electron chi connectivity index (χ3n) is 0.430. The summed E-state index contributed by atoms with van der Waals surface area (Å²) in [6, 6.07) is 0. The number of carbonyl (C=O) groups excluding carboxylic acids is 1. The summed E-state index contributed by atoms with van der Waals surface area (Å²) in [7, 11) is 0. The van der Waals surface area contributed by atoms with Gasteiger partial charge in [0.1, 0.15) is 0 Å². The van der Waals surface area contributed by atoms with Crippen molar-refractivity contribution in [3.63, 3.8) is 0 Å². The summed E-state index contributed by atoms with van der Waals surface area (Å²) in [4.78, 5) is 10.1. The van der Waals surface area contributed by atoms with E-state index in [9.17, 15) is 4.79 Å². The second-order valence-corrected chi connectivity index (χ2v) is 1.27. The Morgan fingerprint density at radius 1 is 2.00 bits per heavy atom. The van der Waals surface area contributed by atoms with Gasteiger partial charge in [-0.3, -0.25) is 10.2 Å². The fourth-order valence-corrected chi connectivity index (χ4v) is 0.286. The number of rotatable bonds is 2. The van der Waals surface area contributed by atoms with Gasteiger partial charge in [-0.25, -0.2) is 5.84 Å². The second-order valence-electron chi connectivity index (χ2n) is 0.938. The highest BCUT2D eigenvalue weighted by Gasteiger charge is 1.88. The number of hydrogen-bond acceptors (Lipinski definition) is 3. The first-order chi connectivity index (χ1) is 3.31. The van der Waals surface area contributed by atoms with Gasteiger partial charge in [0.05, 0.1) is 6.42 Å². The van der Waals surface area contributed by atoms with E-state index in [-0.39, 0.29) is 12.3 Å². The van der Waals surface area contributed by atoms with Crippen LogP contribution in [-0.4, -0.2) is 11.3 Å². The van der Waals surface area contributed by atoms with Crippen molar-refractivity contribution in [3.8, 4) is 0 Å². The van der Waals surface area contributed by atoms with Crippen LogP contribution in [0.3, 0.4) is 0 Å². The maximum absolute atomic E-state index is 10.1. The molecule has 3 N–H and O–H groups in total. The third kappa shape index (κ3) is 3.35. The molecule has 0 heterocycles. The van der Waals surface area contributed by atoms with E-state index in [1.54, 1.807) is 0 Å². The summed E-state index contributed by atoms with van der Waals surface area (Å²) in [6.45, 7) is 0. The smallest absolute Gasteiger partial charge is 0.238 e. The van der Waals surface area contributed by atoms with Crippen molar-refractivity contribution in [1.29, 1.82) is 0 Å². The minimum Gasteiger partial charge on any atom is -0.294 e. The van der Waals surface area contributed by atoms with Gasteiger partial charge in [0, 0.05) is 0 Å². The van der Waals surface area contributed by atoms with Gasteiger partial charge in [-0.1, -0.05) is 12.2 Å². The number of carbonyl (C=O) groups is 1. The predicted octanol–water partition coefficient (Wildman–Crippen LogP) is -0.634. The molecule has 0 aliphatic heterocycles. The first kappa shape index (κ1) is 6.52. The number of amides is 1. The average molecular weight is 118 g/mol. The Bertz CT molecular complexity index is 83.0. The monoisotopic (exact) mass is 118 g/mol. The molecule has 0 aromatic carbocycles. The maximum atomic E-state index is 10.1. The van der Waals surface area contributed by atoms with E-state index in [4.69, 9.17) is 5.84 Å². The molecule has 0 fully saturated rings. The molecule has 0 radical (unpaired) electrons. The molecule has 0 aromatic rings. The van der Waals surface area contributed by atoms with E-state index < -0.39 is 0 Å². The van der Waals surface area contributed by atoms with Gasteiger partial charge in [0.25, 0.3) is 0 Å². The van der Waals surface area contributed by atoms with Crippen molar-refractivity contribution >= 4 is 23.5 Å². The summed E-state index contributed by atoms with van der Waals surface area (Å²) in [5.41, 5.74) is 1.93. The molecule has 0 atom stereocenters. The Balaban J connectivity index is 3.17. The topological polar surface area (TPSA) is 55.1 Å². The molecule has 0 saturated carbocycles. The van der Waals surface area contributed by atoms with Gasteiger partial charge < -0.3 is 0 Å². The Kier molecular flexibility index (Phi) is 3.45. The second kappa shape index (κ2) is 3.70. The zero-order valence-electron chi connectivity index (χ0n) is 3.68. The van der Waals surface area contributed by atoms with Crippen LogP contribution in [0.4, 0.5) is 0 Å². The average Bonchev–Trinajstić information content (AvgIpc) is 1.68. The molecule has 0 saturated heterocycles. The number of thiocarbonyl (C=S) groups is 1. The molecular weight excluding hydrogens is 112 g/mol. The van der Waals surface area contributed by atoms with Gasteiger partial charge in [-0.2, -0.15) is 0 Å². The molecule has 0 rings (SSSR count). The summed E-state index contributed by atoms with van der Waals surface area (Å²) >= 11 is 4.35. The molecule has 0 aliphatic rings. The van der Waals surface area contributed by atoms with Gasteiger partial charge in [0.2, 0.25) is 5.91 Å². The molecule has 0 aromatic heterocycles. The summed E-state index contributed by atoms with van der Waals surface area (Å²) in [5, 5.41) is 1.32. The molecule has 3 nitrogen and oxygen atoms in total. The van der Waals surface area contributed by atoms with Crippen LogP contribution in [0, 0.1) is 0 Å². The van der Waals surface area contributed by atoms with Crippen LogP contribution >= 0.6 is 12.2 Å². The zero-order chi connectivity index (χ0) is 5.70. The standard InChI is InChI=1S/C3H6N2OS/c4-5-3(6)1-2-7/h2H,1,4H2,(H,5,6). The molecular formula is C3H6N2OS. The molecule has 7 heavy (non-hydrogen) atoms. The lowest BCUT2D eigenvalue weighted by atomic mass is 10.5. The highest BCUT2D eigenvalue weighted by atomic mass is 32.1. The summed E-state index contributed by atoms with van der Waals surface area (Å²) in [5.74, 6) is 4.44. The number of hydrazine groups is 1. The first-order valence-corrected chi connectivity index (χ1v) is 2.21. The van der Waals surface area contributed by atoms with Gasteiger partial charge >= 0.3 is 0 Å². The normalized spacial score (nSPS) is 7.57. The van der Waals surface area contributed by atoms with Crippen molar-refractivity contribution < 1.29 is 4.79 Å². The first-order valence-electron chi connectivity index (χ1n) is 1.74.